The zero-order valence-corrected chi connectivity index (χ0v) is 27.4. The van der Waals surface area contributed by atoms with Crippen LogP contribution in [0.1, 0.15) is 103 Å². The number of rotatable bonds is 0. The predicted octanol–water partition coefficient (Wildman–Crippen LogP) is 2.21. The molecule has 0 amide bonds. The summed E-state index contributed by atoms with van der Waals surface area (Å²) in [5, 5.41) is 40.6. The molecule has 8 atom stereocenters. The van der Waals surface area contributed by atoms with Gasteiger partial charge in [0, 0.05) is 17.1 Å². The Morgan fingerprint density at radius 2 is 0.455 bits per heavy atom. The van der Waals surface area contributed by atoms with Crippen LogP contribution in [0.15, 0.2) is 0 Å². The summed E-state index contributed by atoms with van der Waals surface area (Å²) in [5.41, 5.74) is 0. The van der Waals surface area contributed by atoms with E-state index in [4.69, 9.17) is 9.90 Å². The van der Waals surface area contributed by atoms with E-state index in [-0.39, 0.29) is 17.1 Å². The van der Waals surface area contributed by atoms with E-state index in [2.05, 4.69) is 42.5 Å². The Balaban J connectivity index is 0.000000753. The summed E-state index contributed by atoms with van der Waals surface area (Å²) in [6.07, 6.45) is 25.6. The first-order valence-electron chi connectivity index (χ1n) is 18.3. The van der Waals surface area contributed by atoms with E-state index in [0.29, 0.717) is 55.8 Å². The van der Waals surface area contributed by atoms with Crippen molar-refractivity contribution < 1.29 is 27.0 Å². The van der Waals surface area contributed by atoms with E-state index < -0.39 is 0 Å². The zero-order chi connectivity index (χ0) is 28.9. The molecule has 4 saturated carbocycles. The van der Waals surface area contributed by atoms with Gasteiger partial charge in [-0.3, -0.25) is 42.5 Å². The molecule has 11 heteroatoms. The molecule has 250 valence electrons. The van der Waals surface area contributed by atoms with Gasteiger partial charge in [0.05, 0.1) is 49.3 Å². The predicted molar refractivity (Wildman–Crippen MR) is 166 cm³/mol. The molecule has 44 heavy (non-hydrogen) atoms. The molecule has 5 heterocycles. The van der Waals surface area contributed by atoms with Crippen molar-refractivity contribution >= 4 is 6.47 Å². The summed E-state index contributed by atoms with van der Waals surface area (Å²) >= 11 is 0. The second-order valence-corrected chi connectivity index (χ2v) is 15.7. The monoisotopic (exact) mass is 653 g/mol. The Labute approximate surface area is 274 Å². The zero-order valence-electron chi connectivity index (χ0n) is 26.3. The molecule has 0 aromatic rings. The molecule has 0 aromatic heterocycles. The molecule has 10 nitrogen and oxygen atoms in total. The van der Waals surface area contributed by atoms with E-state index in [9.17, 15) is 0 Å². The average Bonchev–Trinajstić information content (AvgIpc) is 3.77. The minimum atomic E-state index is 0. The fourth-order valence-electron chi connectivity index (χ4n) is 12.0. The SMILES string of the molecule is C1CCC2C3NC(NC4NC(NC5NC(NC6NC(N3)C3CCCCC63)C3CCCCC53)C3CCCCC43)C2C1.O=[C-]O.[Fe]. The standard InChI is InChI=1S/C32H56N8.CHO2.Fe/c1-2-10-18-17(9-1)25-33-26(18)38-28-21-13-5-6-14-22(21)30(35-28)40-32-24-16-8-7-15-23(24)31(36-32)39-29-20-12-4-3-11-19(20)27(34-29)37-25;2-1-3;/h17-40H,1-16H2;(H,2,3);/q;-1;. The largest absolute Gasteiger partial charge is 0.665 e. The number of nitrogens with one attached hydrogen (secondary N) is 8. The summed E-state index contributed by atoms with van der Waals surface area (Å²) in [6.45, 7) is 0.500. The molecule has 9 aliphatic rings. The summed E-state index contributed by atoms with van der Waals surface area (Å²) in [7, 11) is 0. The molecule has 9 fully saturated rings. The normalized spacial score (nSPS) is 52.6. The Morgan fingerprint density at radius 3 is 0.568 bits per heavy atom. The maximum atomic E-state index is 8.24. The molecule has 5 saturated heterocycles. The van der Waals surface area contributed by atoms with Crippen molar-refractivity contribution in [1.82, 2.24) is 42.5 Å². The van der Waals surface area contributed by atoms with Crippen molar-refractivity contribution in [3.8, 4) is 0 Å². The Hall–Kier alpha value is -0.331. The maximum absolute atomic E-state index is 8.24. The molecular weight excluding hydrogens is 596 g/mol. The van der Waals surface area contributed by atoms with E-state index in [1.54, 1.807) is 0 Å². The summed E-state index contributed by atoms with van der Waals surface area (Å²) in [6, 6.07) is 0. The van der Waals surface area contributed by atoms with Crippen LogP contribution in [-0.4, -0.2) is 60.9 Å². The van der Waals surface area contributed by atoms with Crippen LogP contribution >= 0.6 is 0 Å². The van der Waals surface area contributed by atoms with Gasteiger partial charge < -0.3 is 9.90 Å². The van der Waals surface area contributed by atoms with Crippen LogP contribution in [0, 0.1) is 47.3 Å². The molecule has 9 rings (SSSR count). The van der Waals surface area contributed by atoms with Crippen LogP contribution in [0.2, 0.25) is 0 Å². The molecule has 5 aliphatic heterocycles. The minimum Gasteiger partial charge on any atom is -0.665 e. The Kier molecular flexibility index (Phi) is 10.3. The number of hydrogen-bond donors (Lipinski definition) is 9. The average molecular weight is 654 g/mol. The van der Waals surface area contributed by atoms with Crippen molar-refractivity contribution in [3.63, 3.8) is 0 Å². The fourth-order valence-corrected chi connectivity index (χ4v) is 12.0. The second-order valence-electron chi connectivity index (χ2n) is 15.7. The van der Waals surface area contributed by atoms with Gasteiger partial charge in [0.25, 0.3) is 0 Å². The van der Waals surface area contributed by atoms with Crippen molar-refractivity contribution in [2.45, 2.75) is 152 Å². The third-order valence-corrected chi connectivity index (χ3v) is 13.8. The quantitative estimate of drug-likeness (QED) is 0.142. The van der Waals surface area contributed by atoms with Gasteiger partial charge in [0.15, 0.2) is 0 Å². The first-order valence-corrected chi connectivity index (χ1v) is 18.3. The Bertz CT molecular complexity index is 772. The molecular formula is C33H57FeN8O2-. The molecule has 0 aromatic carbocycles. The van der Waals surface area contributed by atoms with E-state index >= 15 is 0 Å². The molecule has 8 unspecified atom stereocenters. The van der Waals surface area contributed by atoms with Crippen LogP contribution < -0.4 is 42.5 Å². The number of hydrogen-bond acceptors (Lipinski definition) is 9. The van der Waals surface area contributed by atoms with Crippen molar-refractivity contribution in [1.29, 1.82) is 0 Å². The minimum absolute atomic E-state index is 0. The van der Waals surface area contributed by atoms with E-state index in [1.807, 2.05) is 0 Å². The molecule has 8 bridgehead atoms. The van der Waals surface area contributed by atoms with Gasteiger partial charge in [-0.2, -0.15) is 0 Å². The van der Waals surface area contributed by atoms with Gasteiger partial charge in [-0.15, -0.1) is 0 Å². The summed E-state index contributed by atoms with van der Waals surface area (Å²) in [5.74, 6) is 5.97. The second kappa shape index (κ2) is 14.0. The molecule has 9 N–H and O–H groups in total. The van der Waals surface area contributed by atoms with Gasteiger partial charge in [0.1, 0.15) is 0 Å². The third-order valence-electron chi connectivity index (χ3n) is 13.8. The van der Waals surface area contributed by atoms with E-state index in [1.165, 1.54) is 103 Å². The van der Waals surface area contributed by atoms with Gasteiger partial charge in [0.2, 0.25) is 0 Å². The summed E-state index contributed by atoms with van der Waals surface area (Å²) in [4.78, 5) is 8.24. The van der Waals surface area contributed by atoms with E-state index in [0.717, 1.165) is 47.3 Å². The van der Waals surface area contributed by atoms with Crippen LogP contribution in [-0.2, 0) is 21.9 Å². The van der Waals surface area contributed by atoms with Crippen LogP contribution in [0.3, 0.4) is 0 Å². The van der Waals surface area contributed by atoms with Gasteiger partial charge >= 0.3 is 0 Å². The van der Waals surface area contributed by atoms with Crippen molar-refractivity contribution in [2.75, 3.05) is 0 Å². The first kappa shape index (κ1) is 32.2. The molecule has 0 radical (unpaired) electrons. The van der Waals surface area contributed by atoms with Gasteiger partial charge in [-0.05, 0) is 98.7 Å². The maximum Gasteiger partial charge on any atom is 0.0628 e. The fraction of sp³-hybridized carbons (Fsp3) is 0.970. The third kappa shape index (κ3) is 5.95. The van der Waals surface area contributed by atoms with Crippen molar-refractivity contribution in [2.24, 2.45) is 47.3 Å². The van der Waals surface area contributed by atoms with Crippen LogP contribution in [0.25, 0.3) is 0 Å². The molecule has 0 spiro atoms. The topological polar surface area (TPSA) is 134 Å². The van der Waals surface area contributed by atoms with Gasteiger partial charge in [-0.1, -0.05) is 57.8 Å². The number of fused-ring (bicyclic) bond motifs is 20. The van der Waals surface area contributed by atoms with Crippen molar-refractivity contribution in [3.05, 3.63) is 0 Å². The first-order chi connectivity index (χ1) is 21.2. The summed E-state index contributed by atoms with van der Waals surface area (Å²) < 4.78 is 0. The molecule has 4 aliphatic carbocycles. The van der Waals surface area contributed by atoms with Crippen LogP contribution in [0.5, 0.6) is 0 Å². The van der Waals surface area contributed by atoms with Crippen LogP contribution in [0.4, 0.5) is 0 Å². The number of aliphatic hydroxyl groups excluding tert-OH is 1. The Morgan fingerprint density at radius 1 is 0.341 bits per heavy atom. The smallest absolute Gasteiger partial charge is 0.0628 e. The van der Waals surface area contributed by atoms with Gasteiger partial charge in [-0.25, -0.2) is 0 Å².